The zero-order valence-corrected chi connectivity index (χ0v) is 13.2. The molecular formula is C14H17Cl2N3O2. The molecule has 114 valence electrons. The molecular weight excluding hydrogens is 313 g/mol. The largest absolute Gasteiger partial charge is 0.333 e. The highest BCUT2D eigenvalue weighted by Crippen LogP contribution is 2.25. The standard InChI is InChI=1S/C14H17Cl2N3O2/c1-18-5-2-6-19(8-7-18)14(21)13(20)17-10-3-4-11(15)12(16)9-10/h3-4,9H,2,5-8H2,1H3,(H,17,20). The normalized spacial score (nSPS) is 16.4. The molecule has 1 aromatic rings. The van der Waals surface area contributed by atoms with Crippen LogP contribution < -0.4 is 5.32 Å². The van der Waals surface area contributed by atoms with Crippen LogP contribution in [0, 0.1) is 0 Å². The monoisotopic (exact) mass is 329 g/mol. The Bertz CT molecular complexity index is 551. The Labute approximate surface area is 133 Å². The molecule has 1 aliphatic heterocycles. The quantitative estimate of drug-likeness (QED) is 0.803. The van der Waals surface area contributed by atoms with Crippen molar-refractivity contribution in [3.63, 3.8) is 0 Å². The SMILES string of the molecule is CN1CCCN(C(=O)C(=O)Nc2ccc(Cl)c(Cl)c2)CC1. The van der Waals surface area contributed by atoms with Gasteiger partial charge in [-0.1, -0.05) is 23.2 Å². The van der Waals surface area contributed by atoms with Gasteiger partial charge < -0.3 is 15.1 Å². The third-order valence-electron chi connectivity index (χ3n) is 3.38. The van der Waals surface area contributed by atoms with Crippen LogP contribution in [-0.2, 0) is 9.59 Å². The van der Waals surface area contributed by atoms with Gasteiger partial charge in [-0.2, -0.15) is 0 Å². The van der Waals surface area contributed by atoms with Gasteiger partial charge >= 0.3 is 11.8 Å². The predicted octanol–water partition coefficient (Wildman–Crippen LogP) is 2.10. The van der Waals surface area contributed by atoms with Crippen molar-refractivity contribution in [2.75, 3.05) is 38.5 Å². The van der Waals surface area contributed by atoms with Crippen LogP contribution >= 0.6 is 23.2 Å². The van der Waals surface area contributed by atoms with Crippen LogP contribution in [0.1, 0.15) is 6.42 Å². The second kappa shape index (κ2) is 7.11. The van der Waals surface area contributed by atoms with Crippen LogP contribution in [0.5, 0.6) is 0 Å². The maximum Gasteiger partial charge on any atom is 0.313 e. The molecule has 1 saturated heterocycles. The Morgan fingerprint density at radius 1 is 1.10 bits per heavy atom. The van der Waals surface area contributed by atoms with Crippen molar-refractivity contribution in [2.24, 2.45) is 0 Å². The second-order valence-corrected chi connectivity index (χ2v) is 5.85. The molecule has 0 spiro atoms. The first kappa shape index (κ1) is 16.1. The fourth-order valence-corrected chi connectivity index (χ4v) is 2.45. The summed E-state index contributed by atoms with van der Waals surface area (Å²) in [7, 11) is 2.00. The molecule has 0 saturated carbocycles. The number of rotatable bonds is 1. The zero-order chi connectivity index (χ0) is 15.4. The van der Waals surface area contributed by atoms with E-state index in [1.165, 1.54) is 6.07 Å². The average Bonchev–Trinajstić information content (AvgIpc) is 2.67. The van der Waals surface area contributed by atoms with Gasteiger partial charge in [-0.05, 0) is 38.2 Å². The predicted molar refractivity (Wildman–Crippen MR) is 83.8 cm³/mol. The van der Waals surface area contributed by atoms with E-state index in [0.717, 1.165) is 19.5 Å². The molecule has 1 N–H and O–H groups in total. The van der Waals surface area contributed by atoms with Crippen LogP contribution in [0.4, 0.5) is 5.69 Å². The summed E-state index contributed by atoms with van der Waals surface area (Å²) >= 11 is 11.7. The first-order valence-corrected chi connectivity index (χ1v) is 7.47. The van der Waals surface area contributed by atoms with Crippen molar-refractivity contribution in [2.45, 2.75) is 6.42 Å². The molecule has 1 aliphatic rings. The maximum atomic E-state index is 12.2. The van der Waals surface area contributed by atoms with Crippen LogP contribution in [0.25, 0.3) is 0 Å². The molecule has 2 rings (SSSR count). The Kier molecular flexibility index (Phi) is 5.45. The van der Waals surface area contributed by atoms with E-state index in [4.69, 9.17) is 23.2 Å². The highest BCUT2D eigenvalue weighted by molar-refractivity contribution is 6.42. The summed E-state index contributed by atoms with van der Waals surface area (Å²) in [4.78, 5) is 27.9. The molecule has 0 atom stereocenters. The van der Waals surface area contributed by atoms with Crippen molar-refractivity contribution in [3.05, 3.63) is 28.2 Å². The Morgan fingerprint density at radius 3 is 2.57 bits per heavy atom. The zero-order valence-electron chi connectivity index (χ0n) is 11.7. The van der Waals surface area contributed by atoms with Crippen LogP contribution in [0.3, 0.4) is 0 Å². The van der Waals surface area contributed by atoms with Gasteiger partial charge in [-0.3, -0.25) is 9.59 Å². The molecule has 0 aromatic heterocycles. The van der Waals surface area contributed by atoms with Gasteiger partial charge in [-0.15, -0.1) is 0 Å². The average molecular weight is 330 g/mol. The van der Waals surface area contributed by atoms with Crippen LogP contribution in [-0.4, -0.2) is 54.8 Å². The molecule has 1 fully saturated rings. The fraction of sp³-hybridized carbons (Fsp3) is 0.429. The molecule has 0 radical (unpaired) electrons. The van der Waals surface area contributed by atoms with Crippen molar-refractivity contribution < 1.29 is 9.59 Å². The molecule has 1 aromatic carbocycles. The summed E-state index contributed by atoms with van der Waals surface area (Å²) in [5, 5.41) is 3.28. The van der Waals surface area contributed by atoms with Crippen molar-refractivity contribution in [3.8, 4) is 0 Å². The first-order chi connectivity index (χ1) is 9.97. The number of anilines is 1. The lowest BCUT2D eigenvalue weighted by atomic mass is 10.3. The first-order valence-electron chi connectivity index (χ1n) is 6.71. The van der Waals surface area contributed by atoms with E-state index in [0.29, 0.717) is 28.8 Å². The van der Waals surface area contributed by atoms with E-state index in [9.17, 15) is 9.59 Å². The highest BCUT2D eigenvalue weighted by Gasteiger charge is 2.23. The lowest BCUT2D eigenvalue weighted by molar-refractivity contribution is -0.143. The second-order valence-electron chi connectivity index (χ2n) is 5.03. The molecule has 5 nitrogen and oxygen atoms in total. The lowest BCUT2D eigenvalue weighted by Crippen LogP contribution is -2.41. The number of nitrogens with zero attached hydrogens (tertiary/aromatic N) is 2. The number of nitrogens with one attached hydrogen (secondary N) is 1. The van der Waals surface area contributed by atoms with E-state index in [2.05, 4.69) is 10.2 Å². The van der Waals surface area contributed by atoms with Crippen molar-refractivity contribution in [1.82, 2.24) is 9.80 Å². The number of halogens is 2. The maximum absolute atomic E-state index is 12.2. The van der Waals surface area contributed by atoms with Crippen LogP contribution in [0.15, 0.2) is 18.2 Å². The van der Waals surface area contributed by atoms with Gasteiger partial charge in [-0.25, -0.2) is 0 Å². The minimum atomic E-state index is -0.655. The minimum absolute atomic E-state index is 0.332. The van der Waals surface area contributed by atoms with Gasteiger partial charge in [0.1, 0.15) is 0 Å². The van der Waals surface area contributed by atoms with Gasteiger partial charge in [0.25, 0.3) is 0 Å². The Morgan fingerprint density at radius 2 is 1.86 bits per heavy atom. The third kappa shape index (κ3) is 4.33. The summed E-state index contributed by atoms with van der Waals surface area (Å²) in [5.74, 6) is -1.17. The van der Waals surface area contributed by atoms with Gasteiger partial charge in [0.15, 0.2) is 0 Å². The molecule has 0 unspecified atom stereocenters. The summed E-state index contributed by atoms with van der Waals surface area (Å²) < 4.78 is 0. The molecule has 0 bridgehead atoms. The summed E-state index contributed by atoms with van der Waals surface area (Å²) in [6.45, 7) is 2.85. The van der Waals surface area contributed by atoms with Gasteiger partial charge in [0.05, 0.1) is 10.0 Å². The summed E-state index contributed by atoms with van der Waals surface area (Å²) in [6.07, 6.45) is 0.863. The number of benzene rings is 1. The number of hydrogen-bond acceptors (Lipinski definition) is 3. The third-order valence-corrected chi connectivity index (χ3v) is 4.12. The topological polar surface area (TPSA) is 52.7 Å². The number of carbonyl (C=O) groups excluding carboxylic acids is 2. The molecule has 1 heterocycles. The highest BCUT2D eigenvalue weighted by atomic mass is 35.5. The fourth-order valence-electron chi connectivity index (χ4n) is 2.15. The van der Waals surface area contributed by atoms with Gasteiger partial charge in [0, 0.05) is 25.3 Å². The lowest BCUT2D eigenvalue weighted by Gasteiger charge is -2.19. The molecule has 21 heavy (non-hydrogen) atoms. The van der Waals surface area contributed by atoms with Gasteiger partial charge in [0.2, 0.25) is 0 Å². The van der Waals surface area contributed by atoms with E-state index < -0.39 is 11.8 Å². The van der Waals surface area contributed by atoms with E-state index in [1.54, 1.807) is 17.0 Å². The smallest absolute Gasteiger partial charge is 0.313 e. The minimum Gasteiger partial charge on any atom is -0.333 e. The van der Waals surface area contributed by atoms with E-state index in [1.807, 2.05) is 7.05 Å². The van der Waals surface area contributed by atoms with E-state index in [-0.39, 0.29) is 0 Å². The number of likely N-dealkylation sites (N-methyl/N-ethyl adjacent to an activating group) is 1. The van der Waals surface area contributed by atoms with Crippen molar-refractivity contribution in [1.29, 1.82) is 0 Å². The van der Waals surface area contributed by atoms with E-state index >= 15 is 0 Å². The summed E-state index contributed by atoms with van der Waals surface area (Å²) in [6, 6.07) is 4.70. The molecule has 2 amide bonds. The Hall–Kier alpha value is -1.30. The van der Waals surface area contributed by atoms with Crippen LogP contribution in [0.2, 0.25) is 10.0 Å². The number of amides is 2. The number of hydrogen-bond donors (Lipinski definition) is 1. The molecule has 0 aliphatic carbocycles. The molecule has 7 heteroatoms. The summed E-state index contributed by atoms with van der Waals surface area (Å²) in [5.41, 5.74) is 0.453. The number of carbonyl (C=O) groups is 2. The Balaban J connectivity index is 1.98. The van der Waals surface area contributed by atoms with Crippen molar-refractivity contribution >= 4 is 40.7 Å².